The van der Waals surface area contributed by atoms with Gasteiger partial charge in [0.1, 0.15) is 11.6 Å². The lowest BCUT2D eigenvalue weighted by Gasteiger charge is -2.30. The molecule has 7 heteroatoms. The number of Topliss-reactive ketones (excluding diaryl/α,β-unsaturated/α-hetero) is 1. The molecule has 0 amide bonds. The maximum atomic E-state index is 13.0. The van der Waals surface area contributed by atoms with Crippen molar-refractivity contribution in [3.63, 3.8) is 0 Å². The molecule has 0 aliphatic carbocycles. The van der Waals surface area contributed by atoms with E-state index in [-0.39, 0.29) is 11.7 Å². The van der Waals surface area contributed by atoms with Crippen LogP contribution in [0, 0.1) is 5.92 Å². The molecule has 1 saturated heterocycles. The average Bonchev–Trinajstić information content (AvgIpc) is 3.26. The number of hydrogen-bond donors (Lipinski definition) is 0. The predicted octanol–water partition coefficient (Wildman–Crippen LogP) is 3.45. The average molecular weight is 427 g/mol. The van der Waals surface area contributed by atoms with E-state index in [9.17, 15) is 4.79 Å². The summed E-state index contributed by atoms with van der Waals surface area (Å²) in [5, 5.41) is 6.43. The lowest BCUT2D eigenvalue weighted by atomic mass is 9.90. The molecule has 4 heterocycles. The lowest BCUT2D eigenvalue weighted by molar-refractivity contribution is -0.123. The van der Waals surface area contributed by atoms with Gasteiger partial charge in [-0.2, -0.15) is 5.10 Å². The van der Waals surface area contributed by atoms with Crippen LogP contribution in [0.5, 0.6) is 0 Å². The van der Waals surface area contributed by atoms with Crippen LogP contribution in [0.4, 0.5) is 0 Å². The molecule has 1 fully saturated rings. The van der Waals surface area contributed by atoms with Crippen LogP contribution in [0.15, 0.2) is 61.3 Å². The molecule has 0 N–H and O–H groups in total. The zero-order chi connectivity index (χ0) is 21.9. The van der Waals surface area contributed by atoms with E-state index in [1.807, 2.05) is 31.7 Å². The minimum Gasteiger partial charge on any atom is -0.299 e. The van der Waals surface area contributed by atoms with Gasteiger partial charge in [0.15, 0.2) is 0 Å². The second-order valence-corrected chi connectivity index (χ2v) is 8.50. The van der Waals surface area contributed by atoms with Gasteiger partial charge in [-0.3, -0.25) is 19.4 Å². The molecule has 1 aliphatic heterocycles. The van der Waals surface area contributed by atoms with Gasteiger partial charge in [-0.05, 0) is 55.1 Å². The van der Waals surface area contributed by atoms with Gasteiger partial charge in [-0.15, -0.1) is 0 Å². The van der Waals surface area contributed by atoms with Crippen LogP contribution in [0.2, 0.25) is 0 Å². The van der Waals surface area contributed by atoms with E-state index in [1.165, 1.54) is 0 Å². The van der Waals surface area contributed by atoms with Crippen molar-refractivity contribution < 1.29 is 4.79 Å². The maximum absolute atomic E-state index is 13.0. The van der Waals surface area contributed by atoms with Crippen LogP contribution >= 0.6 is 0 Å². The van der Waals surface area contributed by atoms with Crippen molar-refractivity contribution in [1.29, 1.82) is 0 Å². The molecule has 1 aromatic carbocycles. The highest BCUT2D eigenvalue weighted by Crippen LogP contribution is 2.25. The van der Waals surface area contributed by atoms with Gasteiger partial charge in [-0.25, -0.2) is 9.97 Å². The van der Waals surface area contributed by atoms with E-state index in [4.69, 9.17) is 0 Å². The Morgan fingerprint density at radius 3 is 2.56 bits per heavy atom. The summed E-state index contributed by atoms with van der Waals surface area (Å²) in [6, 6.07) is 10.2. The predicted molar refractivity (Wildman–Crippen MR) is 123 cm³/mol. The van der Waals surface area contributed by atoms with Gasteiger partial charge in [0.25, 0.3) is 0 Å². The van der Waals surface area contributed by atoms with Crippen molar-refractivity contribution in [2.24, 2.45) is 13.0 Å². The lowest BCUT2D eigenvalue weighted by Crippen LogP contribution is -2.36. The second kappa shape index (κ2) is 8.96. The SMILES string of the molecule is Cn1cc(-c2ccc3cnc(CC(=O)C4CCN(Cc5ncccn5)CC4)cc3c2)cn1. The minimum absolute atomic E-state index is 0.0992. The Bertz CT molecular complexity index is 1230. The van der Waals surface area contributed by atoms with Crippen molar-refractivity contribution in [2.45, 2.75) is 25.8 Å². The van der Waals surface area contributed by atoms with Gasteiger partial charge in [0, 0.05) is 60.8 Å². The molecule has 4 aromatic rings. The topological polar surface area (TPSA) is 76.8 Å². The third kappa shape index (κ3) is 4.57. The van der Waals surface area contributed by atoms with Crippen LogP contribution < -0.4 is 0 Å². The number of ketones is 1. The van der Waals surface area contributed by atoms with E-state index in [1.54, 1.807) is 17.1 Å². The number of benzene rings is 1. The summed E-state index contributed by atoms with van der Waals surface area (Å²) >= 11 is 0. The number of rotatable bonds is 6. The number of aryl methyl sites for hydroxylation is 1. The molecule has 5 rings (SSSR count). The molecule has 32 heavy (non-hydrogen) atoms. The largest absolute Gasteiger partial charge is 0.299 e. The van der Waals surface area contributed by atoms with E-state index >= 15 is 0 Å². The Kier molecular flexibility index (Phi) is 5.73. The first kappa shape index (κ1) is 20.5. The van der Waals surface area contributed by atoms with Crippen molar-refractivity contribution in [1.82, 2.24) is 29.6 Å². The molecule has 0 saturated carbocycles. The summed E-state index contributed by atoms with van der Waals surface area (Å²) < 4.78 is 1.80. The van der Waals surface area contributed by atoms with E-state index in [0.717, 1.165) is 65.9 Å². The van der Waals surface area contributed by atoms with Crippen molar-refractivity contribution in [3.8, 4) is 11.1 Å². The van der Waals surface area contributed by atoms with Gasteiger partial charge < -0.3 is 0 Å². The molecule has 0 bridgehead atoms. The molecule has 0 atom stereocenters. The van der Waals surface area contributed by atoms with Crippen LogP contribution in [0.3, 0.4) is 0 Å². The molecule has 0 radical (unpaired) electrons. The smallest absolute Gasteiger partial charge is 0.142 e. The number of fused-ring (bicyclic) bond motifs is 1. The second-order valence-electron chi connectivity index (χ2n) is 8.50. The third-order valence-corrected chi connectivity index (χ3v) is 6.20. The highest BCUT2D eigenvalue weighted by molar-refractivity contribution is 5.88. The van der Waals surface area contributed by atoms with Crippen LogP contribution in [-0.4, -0.2) is 48.5 Å². The van der Waals surface area contributed by atoms with Crippen LogP contribution in [0.25, 0.3) is 21.9 Å². The Labute approximate surface area is 187 Å². The van der Waals surface area contributed by atoms with Crippen LogP contribution in [-0.2, 0) is 24.8 Å². The number of aromatic nitrogens is 5. The van der Waals surface area contributed by atoms with E-state index in [2.05, 4.69) is 49.2 Å². The Morgan fingerprint density at radius 1 is 1.00 bits per heavy atom. The summed E-state index contributed by atoms with van der Waals surface area (Å²) in [5.74, 6) is 1.22. The molecular weight excluding hydrogens is 400 g/mol. The monoisotopic (exact) mass is 426 g/mol. The maximum Gasteiger partial charge on any atom is 0.142 e. The van der Waals surface area contributed by atoms with Crippen molar-refractivity contribution >= 4 is 16.6 Å². The number of piperidine rings is 1. The molecule has 162 valence electrons. The highest BCUT2D eigenvalue weighted by Gasteiger charge is 2.25. The summed E-state index contributed by atoms with van der Waals surface area (Å²) in [7, 11) is 1.91. The molecule has 0 spiro atoms. The molecule has 7 nitrogen and oxygen atoms in total. The molecule has 3 aromatic heterocycles. The number of nitrogens with zero attached hydrogens (tertiary/aromatic N) is 6. The van der Waals surface area contributed by atoms with Gasteiger partial charge in [-0.1, -0.05) is 12.1 Å². The zero-order valence-corrected chi connectivity index (χ0v) is 18.2. The van der Waals surface area contributed by atoms with Crippen LogP contribution in [0.1, 0.15) is 24.4 Å². The summed E-state index contributed by atoms with van der Waals surface area (Å²) in [6.45, 7) is 2.54. The Hall–Kier alpha value is -3.45. The number of hydrogen-bond acceptors (Lipinski definition) is 6. The van der Waals surface area contributed by atoms with Gasteiger partial charge in [0.2, 0.25) is 0 Å². The first-order valence-electron chi connectivity index (χ1n) is 11.0. The molecular formula is C25H26N6O. The summed E-state index contributed by atoms with van der Waals surface area (Å²) in [6.07, 6.45) is 11.4. The minimum atomic E-state index is 0.0992. The van der Waals surface area contributed by atoms with Crippen molar-refractivity contribution in [2.75, 3.05) is 13.1 Å². The highest BCUT2D eigenvalue weighted by atomic mass is 16.1. The number of carbonyl (C=O) groups is 1. The first-order chi connectivity index (χ1) is 15.6. The fraction of sp³-hybridized carbons (Fsp3) is 0.320. The fourth-order valence-electron chi connectivity index (χ4n) is 4.38. The fourth-order valence-corrected chi connectivity index (χ4v) is 4.38. The van der Waals surface area contributed by atoms with E-state index in [0.29, 0.717) is 6.42 Å². The third-order valence-electron chi connectivity index (χ3n) is 6.20. The summed E-state index contributed by atoms with van der Waals surface area (Å²) in [4.78, 5) is 28.5. The van der Waals surface area contributed by atoms with Crippen molar-refractivity contribution in [3.05, 3.63) is 72.8 Å². The normalized spacial score (nSPS) is 15.3. The molecule has 1 aliphatic rings. The Balaban J connectivity index is 1.22. The number of pyridine rings is 1. The standard InChI is InChI=1S/C25H26N6O/c1-30-16-22(15-29-30)19-3-4-20-14-28-23(12-21(20)11-19)13-24(32)18-5-9-31(10-6-18)17-25-26-7-2-8-27-25/h2-4,7-8,11-12,14-16,18H,5-6,9-10,13,17H2,1H3. The molecule has 0 unspecified atom stereocenters. The first-order valence-corrected chi connectivity index (χ1v) is 11.0. The quantitative estimate of drug-likeness (QED) is 0.470. The van der Waals surface area contributed by atoms with Gasteiger partial charge in [0.05, 0.1) is 12.7 Å². The Morgan fingerprint density at radius 2 is 1.81 bits per heavy atom. The van der Waals surface area contributed by atoms with Gasteiger partial charge >= 0.3 is 0 Å². The van der Waals surface area contributed by atoms with E-state index < -0.39 is 0 Å². The number of carbonyl (C=O) groups excluding carboxylic acids is 1. The summed E-state index contributed by atoms with van der Waals surface area (Å²) in [5.41, 5.74) is 3.03. The number of likely N-dealkylation sites (tertiary alicyclic amines) is 1. The zero-order valence-electron chi connectivity index (χ0n) is 18.2.